The van der Waals surface area contributed by atoms with Crippen LogP contribution in [0.4, 0.5) is 34.6 Å². The van der Waals surface area contributed by atoms with Crippen LogP contribution in [0.3, 0.4) is 0 Å². The molecule has 1 unspecified atom stereocenters. The second-order valence-electron chi connectivity index (χ2n) is 6.37. The lowest BCUT2D eigenvalue weighted by atomic mass is 9.80. The average Bonchev–Trinajstić information content (AvgIpc) is 2.73. The van der Waals surface area contributed by atoms with Crippen molar-refractivity contribution in [1.82, 2.24) is 0 Å². The van der Waals surface area contributed by atoms with Gasteiger partial charge in [0.25, 0.3) is 17.2 Å². The quantitative estimate of drug-likeness (QED) is 0.192. The van der Waals surface area contributed by atoms with Crippen LogP contribution in [0.1, 0.15) is 10.4 Å². The van der Waals surface area contributed by atoms with Gasteiger partial charge < -0.3 is 15.4 Å². The van der Waals surface area contributed by atoms with E-state index in [-0.39, 0.29) is 16.7 Å². The van der Waals surface area contributed by atoms with Gasteiger partial charge in [-0.1, -0.05) is 12.1 Å². The van der Waals surface area contributed by atoms with Gasteiger partial charge in [-0.15, -0.1) is 0 Å². The van der Waals surface area contributed by atoms with Crippen molar-refractivity contribution in [3.05, 3.63) is 83.4 Å². The zero-order chi connectivity index (χ0) is 23.6. The molecule has 0 heterocycles. The Hall–Kier alpha value is -3.26. The molecule has 0 aliphatic carbocycles. The van der Waals surface area contributed by atoms with Gasteiger partial charge in [0, 0.05) is 23.4 Å². The first-order valence-electron chi connectivity index (χ1n) is 8.71. The molecule has 3 aromatic carbocycles. The van der Waals surface area contributed by atoms with E-state index < -0.39 is 58.9 Å². The largest absolute Gasteiger partial charge is 0.488 e. The molecular formula is C19H13BF4N2O5S. The van der Waals surface area contributed by atoms with Gasteiger partial charge >= 0.3 is 7.12 Å². The highest BCUT2D eigenvalue weighted by Gasteiger charge is 2.23. The van der Waals surface area contributed by atoms with Crippen molar-refractivity contribution in [1.29, 1.82) is 0 Å². The van der Waals surface area contributed by atoms with Crippen molar-refractivity contribution < 1.29 is 41.2 Å². The predicted molar refractivity (Wildman–Crippen MR) is 110 cm³/mol. The van der Waals surface area contributed by atoms with E-state index in [0.29, 0.717) is 16.4 Å². The SMILES string of the molecule is O=C(Nc1cc(F)c(F)c(F)c1)c1ccc(F)c(N(c2cccc(B(O)O)c2)S(=O)O)c1. The van der Waals surface area contributed by atoms with Crippen LogP contribution < -0.4 is 15.1 Å². The lowest BCUT2D eigenvalue weighted by Gasteiger charge is -2.22. The van der Waals surface area contributed by atoms with Crippen molar-refractivity contribution in [2.24, 2.45) is 0 Å². The van der Waals surface area contributed by atoms with Crippen LogP contribution in [0.2, 0.25) is 0 Å². The number of nitrogens with zero attached hydrogens (tertiary/aromatic N) is 1. The van der Waals surface area contributed by atoms with Gasteiger partial charge in [-0.25, -0.2) is 26.1 Å². The predicted octanol–water partition coefficient (Wildman–Crippen LogP) is 2.45. The first kappa shape index (κ1) is 23.4. The fourth-order valence-electron chi connectivity index (χ4n) is 2.77. The molecule has 0 aromatic heterocycles. The third kappa shape index (κ3) is 4.97. The summed E-state index contributed by atoms with van der Waals surface area (Å²) in [6.07, 6.45) is 0. The normalized spacial score (nSPS) is 11.7. The summed E-state index contributed by atoms with van der Waals surface area (Å²) in [6.45, 7) is 0. The zero-order valence-corrected chi connectivity index (χ0v) is 16.6. The molecule has 32 heavy (non-hydrogen) atoms. The molecule has 3 rings (SSSR count). The maximum absolute atomic E-state index is 14.5. The van der Waals surface area contributed by atoms with Crippen LogP contribution in [0, 0.1) is 23.3 Å². The minimum Gasteiger partial charge on any atom is -0.423 e. The number of amides is 1. The van der Waals surface area contributed by atoms with E-state index in [1.165, 1.54) is 18.2 Å². The van der Waals surface area contributed by atoms with Crippen molar-refractivity contribution in [3.8, 4) is 0 Å². The van der Waals surface area contributed by atoms with Crippen LogP contribution >= 0.6 is 0 Å². The number of anilines is 3. The molecule has 1 atom stereocenters. The molecule has 0 saturated heterocycles. The second-order valence-corrected chi connectivity index (χ2v) is 7.19. The van der Waals surface area contributed by atoms with Gasteiger partial charge in [-0.05, 0) is 35.8 Å². The lowest BCUT2D eigenvalue weighted by Crippen LogP contribution is -2.31. The summed E-state index contributed by atoms with van der Waals surface area (Å²) in [6, 6.07) is 8.87. The summed E-state index contributed by atoms with van der Waals surface area (Å²) in [5, 5.41) is 20.7. The van der Waals surface area contributed by atoms with Gasteiger partial charge in [0.2, 0.25) is 0 Å². The topological polar surface area (TPSA) is 110 Å². The van der Waals surface area contributed by atoms with Gasteiger partial charge in [0.15, 0.2) is 17.5 Å². The van der Waals surface area contributed by atoms with E-state index in [9.17, 15) is 41.2 Å². The summed E-state index contributed by atoms with van der Waals surface area (Å²) in [5.41, 5.74) is -1.35. The second kappa shape index (κ2) is 9.48. The van der Waals surface area contributed by atoms with E-state index in [4.69, 9.17) is 0 Å². The summed E-state index contributed by atoms with van der Waals surface area (Å²) < 4.78 is 76.5. The Balaban J connectivity index is 1.99. The third-order valence-corrected chi connectivity index (χ3v) is 4.95. The molecule has 0 bridgehead atoms. The van der Waals surface area contributed by atoms with E-state index in [1.54, 1.807) is 0 Å². The van der Waals surface area contributed by atoms with Gasteiger partial charge in [-0.3, -0.25) is 9.35 Å². The van der Waals surface area contributed by atoms with Crippen LogP contribution in [0.25, 0.3) is 0 Å². The monoisotopic (exact) mass is 468 g/mol. The van der Waals surface area contributed by atoms with Crippen molar-refractivity contribution >= 4 is 46.8 Å². The molecule has 166 valence electrons. The molecule has 0 aliphatic heterocycles. The molecular weight excluding hydrogens is 455 g/mol. The maximum atomic E-state index is 14.5. The number of hydrogen-bond donors (Lipinski definition) is 4. The van der Waals surface area contributed by atoms with Crippen molar-refractivity contribution in [3.63, 3.8) is 0 Å². The summed E-state index contributed by atoms with van der Waals surface area (Å²) >= 11 is -2.85. The molecule has 7 nitrogen and oxygen atoms in total. The number of carbonyl (C=O) groups is 1. The molecule has 4 N–H and O–H groups in total. The Morgan fingerprint density at radius 3 is 2.19 bits per heavy atom. The number of halogens is 4. The fraction of sp³-hybridized carbons (Fsp3) is 0. The third-order valence-electron chi connectivity index (χ3n) is 4.23. The van der Waals surface area contributed by atoms with E-state index in [2.05, 4.69) is 5.32 Å². The number of benzene rings is 3. The summed E-state index contributed by atoms with van der Waals surface area (Å²) in [5.74, 6) is -6.76. The number of nitrogens with one attached hydrogen (secondary N) is 1. The number of rotatable bonds is 6. The van der Waals surface area contributed by atoms with E-state index in [0.717, 1.165) is 24.3 Å². The zero-order valence-electron chi connectivity index (χ0n) is 15.8. The Morgan fingerprint density at radius 2 is 1.59 bits per heavy atom. The molecule has 1 amide bonds. The highest BCUT2D eigenvalue weighted by atomic mass is 32.2. The fourth-order valence-corrected chi connectivity index (χ4v) is 3.37. The van der Waals surface area contributed by atoms with Crippen LogP contribution in [-0.4, -0.2) is 31.8 Å². The number of carbonyl (C=O) groups excluding carboxylic acids is 1. The molecule has 0 radical (unpaired) electrons. The summed E-state index contributed by atoms with van der Waals surface area (Å²) in [7, 11) is -1.90. The smallest absolute Gasteiger partial charge is 0.423 e. The van der Waals surface area contributed by atoms with Crippen molar-refractivity contribution in [2.75, 3.05) is 9.62 Å². The van der Waals surface area contributed by atoms with E-state index >= 15 is 0 Å². The van der Waals surface area contributed by atoms with Crippen LogP contribution in [-0.2, 0) is 11.3 Å². The minimum absolute atomic E-state index is 0.0485. The molecule has 13 heteroatoms. The molecule has 0 aliphatic rings. The first-order chi connectivity index (χ1) is 15.1. The van der Waals surface area contributed by atoms with E-state index in [1.807, 2.05) is 0 Å². The Bertz CT molecular complexity index is 1190. The molecule has 3 aromatic rings. The molecule has 0 spiro atoms. The highest BCUT2D eigenvalue weighted by molar-refractivity contribution is 7.81. The standard InChI is InChI=1S/C19H13BF4N2O5S/c21-14-5-4-10(19(27)25-12-8-15(22)18(24)16(23)9-12)6-17(14)26(32(30)31)13-3-1-2-11(7-13)20(28)29/h1-9,28-29H,(H,25,27)(H,30,31). The maximum Gasteiger partial charge on any atom is 0.488 e. The van der Waals surface area contributed by atoms with Gasteiger partial charge in [0.1, 0.15) is 5.82 Å². The Kier molecular flexibility index (Phi) is 6.94. The van der Waals surface area contributed by atoms with Crippen molar-refractivity contribution in [2.45, 2.75) is 0 Å². The summed E-state index contributed by atoms with van der Waals surface area (Å²) in [4.78, 5) is 12.5. The Morgan fingerprint density at radius 1 is 0.938 bits per heavy atom. The lowest BCUT2D eigenvalue weighted by molar-refractivity contribution is 0.102. The molecule has 0 saturated carbocycles. The van der Waals surface area contributed by atoms with Crippen LogP contribution in [0.5, 0.6) is 0 Å². The van der Waals surface area contributed by atoms with Gasteiger partial charge in [-0.2, -0.15) is 0 Å². The molecule has 0 fully saturated rings. The highest BCUT2D eigenvalue weighted by Crippen LogP contribution is 2.30. The number of hydrogen-bond acceptors (Lipinski definition) is 4. The average molecular weight is 468 g/mol. The minimum atomic E-state index is -2.85. The Labute approximate surface area is 181 Å². The van der Waals surface area contributed by atoms with Crippen LogP contribution in [0.15, 0.2) is 54.6 Å². The van der Waals surface area contributed by atoms with Gasteiger partial charge in [0.05, 0.1) is 11.4 Å². The first-order valence-corrected chi connectivity index (χ1v) is 9.77.